The number of nitrogens with two attached hydrogens (primary N) is 1. The van der Waals surface area contributed by atoms with Gasteiger partial charge in [-0.2, -0.15) is 0 Å². The van der Waals surface area contributed by atoms with Crippen LogP contribution in [-0.2, 0) is 0 Å². The molecule has 0 radical (unpaired) electrons. The molecule has 0 amide bonds. The highest BCUT2D eigenvalue weighted by molar-refractivity contribution is 5.37. The number of benzene rings is 1. The Kier molecular flexibility index (Phi) is 3.75. The molecular weight excluding hydrogens is 222 g/mol. The quantitative estimate of drug-likeness (QED) is 0.641. The molecule has 1 aromatic heterocycles. The molecule has 1 atom stereocenters. The van der Waals surface area contributed by atoms with Gasteiger partial charge in [0.25, 0.3) is 0 Å². The molecule has 0 aliphatic heterocycles. The Morgan fingerprint density at radius 2 is 1.83 bits per heavy atom. The molecule has 1 heterocycles. The van der Waals surface area contributed by atoms with Gasteiger partial charge in [0.2, 0.25) is 0 Å². The van der Waals surface area contributed by atoms with Crippen LogP contribution in [0, 0.1) is 20.8 Å². The fourth-order valence-corrected chi connectivity index (χ4v) is 2.25. The van der Waals surface area contributed by atoms with Crippen molar-refractivity contribution < 1.29 is 0 Å². The van der Waals surface area contributed by atoms with E-state index in [1.54, 1.807) is 0 Å². The van der Waals surface area contributed by atoms with Crippen molar-refractivity contribution in [3.05, 3.63) is 64.5 Å². The average Bonchev–Trinajstić information content (AvgIpc) is 2.34. The maximum absolute atomic E-state index is 5.72. The molecule has 18 heavy (non-hydrogen) atoms. The van der Waals surface area contributed by atoms with Crippen molar-refractivity contribution in [1.29, 1.82) is 0 Å². The van der Waals surface area contributed by atoms with E-state index in [4.69, 9.17) is 5.84 Å². The molecule has 0 bridgehead atoms. The lowest BCUT2D eigenvalue weighted by atomic mass is 9.96. The molecule has 0 aliphatic carbocycles. The number of nitrogens with one attached hydrogen (secondary N) is 1. The molecule has 3 heteroatoms. The lowest BCUT2D eigenvalue weighted by Crippen LogP contribution is -2.30. The van der Waals surface area contributed by atoms with Crippen molar-refractivity contribution in [3.63, 3.8) is 0 Å². The van der Waals surface area contributed by atoms with Gasteiger partial charge in [-0.25, -0.2) is 5.43 Å². The van der Waals surface area contributed by atoms with Crippen molar-refractivity contribution in [1.82, 2.24) is 10.4 Å². The number of nitrogens with zero attached hydrogens (tertiary/aromatic N) is 1. The number of hydrazine groups is 1. The predicted octanol–water partition coefficient (Wildman–Crippen LogP) is 2.56. The van der Waals surface area contributed by atoms with E-state index >= 15 is 0 Å². The zero-order valence-corrected chi connectivity index (χ0v) is 11.1. The first-order valence-corrected chi connectivity index (χ1v) is 6.08. The topological polar surface area (TPSA) is 50.9 Å². The third-order valence-corrected chi connectivity index (χ3v) is 3.20. The molecule has 0 aliphatic rings. The van der Waals surface area contributed by atoms with Crippen LogP contribution in [0.2, 0.25) is 0 Å². The molecule has 0 spiro atoms. The van der Waals surface area contributed by atoms with Gasteiger partial charge in [-0.1, -0.05) is 30.3 Å². The zero-order valence-electron chi connectivity index (χ0n) is 11.1. The van der Waals surface area contributed by atoms with E-state index in [2.05, 4.69) is 42.5 Å². The Balaban J connectivity index is 2.49. The second-order valence-corrected chi connectivity index (χ2v) is 4.67. The second-order valence-electron chi connectivity index (χ2n) is 4.67. The van der Waals surface area contributed by atoms with Gasteiger partial charge >= 0.3 is 0 Å². The Morgan fingerprint density at radius 1 is 1.11 bits per heavy atom. The molecule has 2 rings (SSSR count). The summed E-state index contributed by atoms with van der Waals surface area (Å²) < 4.78 is 0. The smallest absolute Gasteiger partial charge is 0.0886 e. The summed E-state index contributed by atoms with van der Waals surface area (Å²) in [5, 5.41) is 0. The Morgan fingerprint density at radius 3 is 2.44 bits per heavy atom. The van der Waals surface area contributed by atoms with Crippen molar-refractivity contribution in [2.75, 3.05) is 0 Å². The lowest BCUT2D eigenvalue weighted by Gasteiger charge is -2.20. The predicted molar refractivity (Wildman–Crippen MR) is 74.1 cm³/mol. The van der Waals surface area contributed by atoms with Crippen molar-refractivity contribution in [2.24, 2.45) is 5.84 Å². The molecule has 1 unspecified atom stereocenters. The second kappa shape index (κ2) is 5.29. The fourth-order valence-electron chi connectivity index (χ4n) is 2.25. The van der Waals surface area contributed by atoms with E-state index in [0.29, 0.717) is 0 Å². The molecule has 2 aromatic rings. The van der Waals surface area contributed by atoms with E-state index < -0.39 is 0 Å². The summed E-state index contributed by atoms with van der Waals surface area (Å²) in [7, 11) is 0. The summed E-state index contributed by atoms with van der Waals surface area (Å²) in [4.78, 5) is 4.52. The van der Waals surface area contributed by atoms with E-state index in [9.17, 15) is 0 Å². The van der Waals surface area contributed by atoms with E-state index in [-0.39, 0.29) is 6.04 Å². The van der Waals surface area contributed by atoms with Crippen LogP contribution >= 0.6 is 0 Å². The molecule has 0 saturated carbocycles. The SMILES string of the molecule is Cc1cnc(C(NN)c2ccccc2C)c(C)c1. The first-order chi connectivity index (χ1) is 8.63. The van der Waals surface area contributed by atoms with E-state index in [1.165, 1.54) is 11.1 Å². The minimum atomic E-state index is -0.0631. The Labute approximate surface area is 108 Å². The Bertz CT molecular complexity index is 549. The number of rotatable bonds is 3. The maximum atomic E-state index is 5.72. The van der Waals surface area contributed by atoms with Crippen molar-refractivity contribution >= 4 is 0 Å². The van der Waals surface area contributed by atoms with Crippen LogP contribution in [0.4, 0.5) is 0 Å². The fraction of sp³-hybridized carbons (Fsp3) is 0.267. The van der Waals surface area contributed by atoms with Crippen LogP contribution in [0.1, 0.15) is 34.0 Å². The van der Waals surface area contributed by atoms with Gasteiger partial charge in [-0.3, -0.25) is 10.8 Å². The molecule has 94 valence electrons. The van der Waals surface area contributed by atoms with Gasteiger partial charge in [0.1, 0.15) is 0 Å². The highest BCUT2D eigenvalue weighted by Gasteiger charge is 2.17. The zero-order chi connectivity index (χ0) is 13.1. The molecule has 3 N–H and O–H groups in total. The summed E-state index contributed by atoms with van der Waals surface area (Å²) in [5.74, 6) is 5.72. The highest BCUT2D eigenvalue weighted by atomic mass is 15.2. The van der Waals surface area contributed by atoms with E-state index in [1.807, 2.05) is 25.3 Å². The number of aromatic nitrogens is 1. The van der Waals surface area contributed by atoms with Gasteiger partial charge in [-0.15, -0.1) is 0 Å². The minimum absolute atomic E-state index is 0.0631. The normalized spacial score (nSPS) is 12.4. The Hall–Kier alpha value is -1.71. The van der Waals surface area contributed by atoms with Gasteiger partial charge in [0, 0.05) is 6.20 Å². The lowest BCUT2D eigenvalue weighted by molar-refractivity contribution is 0.613. The summed E-state index contributed by atoms with van der Waals surface area (Å²) in [6, 6.07) is 10.3. The summed E-state index contributed by atoms with van der Waals surface area (Å²) in [6.45, 7) is 6.20. The molecule has 0 fully saturated rings. The largest absolute Gasteiger partial charge is 0.271 e. The molecule has 0 saturated heterocycles. The average molecular weight is 241 g/mol. The van der Waals surface area contributed by atoms with Crippen LogP contribution in [0.5, 0.6) is 0 Å². The summed E-state index contributed by atoms with van der Waals surface area (Å²) >= 11 is 0. The highest BCUT2D eigenvalue weighted by Crippen LogP contribution is 2.25. The number of hydrogen-bond acceptors (Lipinski definition) is 3. The molecule has 1 aromatic carbocycles. The van der Waals surface area contributed by atoms with Crippen LogP contribution in [0.25, 0.3) is 0 Å². The minimum Gasteiger partial charge on any atom is -0.271 e. The van der Waals surface area contributed by atoms with Crippen LogP contribution in [0.3, 0.4) is 0 Å². The van der Waals surface area contributed by atoms with Gasteiger partial charge in [0.15, 0.2) is 0 Å². The third kappa shape index (κ3) is 2.42. The van der Waals surface area contributed by atoms with Gasteiger partial charge in [0.05, 0.1) is 11.7 Å². The number of pyridine rings is 1. The van der Waals surface area contributed by atoms with Gasteiger partial charge < -0.3 is 0 Å². The van der Waals surface area contributed by atoms with Gasteiger partial charge in [-0.05, 0) is 43.0 Å². The van der Waals surface area contributed by atoms with Crippen LogP contribution in [0.15, 0.2) is 36.5 Å². The first kappa shape index (κ1) is 12.7. The maximum Gasteiger partial charge on any atom is 0.0886 e. The summed E-state index contributed by atoms with van der Waals surface area (Å²) in [6.07, 6.45) is 1.88. The molecule has 3 nitrogen and oxygen atoms in total. The van der Waals surface area contributed by atoms with Crippen molar-refractivity contribution in [2.45, 2.75) is 26.8 Å². The van der Waals surface area contributed by atoms with Crippen LogP contribution < -0.4 is 11.3 Å². The van der Waals surface area contributed by atoms with Crippen LogP contribution in [-0.4, -0.2) is 4.98 Å². The number of hydrogen-bond donors (Lipinski definition) is 2. The monoisotopic (exact) mass is 241 g/mol. The third-order valence-electron chi connectivity index (χ3n) is 3.20. The van der Waals surface area contributed by atoms with Crippen molar-refractivity contribution in [3.8, 4) is 0 Å². The molecular formula is C15H19N3. The van der Waals surface area contributed by atoms with E-state index in [0.717, 1.165) is 16.8 Å². The standard InChI is InChI=1S/C15H19N3/c1-10-8-12(3)14(17-9-10)15(18-16)13-7-5-4-6-11(13)2/h4-9,15,18H,16H2,1-3H3. The summed E-state index contributed by atoms with van der Waals surface area (Å²) in [5.41, 5.74) is 8.55. The first-order valence-electron chi connectivity index (χ1n) is 6.08. The number of aryl methyl sites for hydroxylation is 3.